The molecule has 0 nitrogen and oxygen atoms in total. The van der Waals surface area contributed by atoms with Crippen molar-refractivity contribution in [1.29, 1.82) is 0 Å². The summed E-state index contributed by atoms with van der Waals surface area (Å²) in [5.74, 6) is -4.86. The van der Waals surface area contributed by atoms with Gasteiger partial charge in [0.05, 0.1) is 0 Å². The molecule has 0 aromatic heterocycles. The number of hydrogen-bond donors (Lipinski definition) is 0. The van der Waals surface area contributed by atoms with Crippen LogP contribution in [0.3, 0.4) is 0 Å². The molecule has 2 radical (unpaired) electrons. The van der Waals surface area contributed by atoms with Crippen molar-refractivity contribution in [3.63, 3.8) is 0 Å². The molecule has 0 unspecified atom stereocenters. The van der Waals surface area contributed by atoms with Gasteiger partial charge in [0.1, 0.15) is 5.82 Å². The topological polar surface area (TPSA) is 0 Å². The highest BCUT2D eigenvalue weighted by atomic mass is 19.2. The van der Waals surface area contributed by atoms with E-state index in [1.165, 1.54) is 18.2 Å². The van der Waals surface area contributed by atoms with Gasteiger partial charge in [-0.2, -0.15) is 0 Å². The molecule has 0 saturated carbocycles. The Balaban J connectivity index is 2.53. The molecule has 4 heteroatoms. The summed E-state index contributed by atoms with van der Waals surface area (Å²) in [5, 5.41) is 0.396. The lowest BCUT2D eigenvalue weighted by atomic mass is 10.0. The molecule has 3 aromatic rings. The van der Waals surface area contributed by atoms with Gasteiger partial charge < -0.3 is 0 Å². The summed E-state index contributed by atoms with van der Waals surface area (Å²) in [7, 11) is 0. The zero-order valence-corrected chi connectivity index (χ0v) is 8.82. The Kier molecular flexibility index (Phi) is 2.26. The predicted molar refractivity (Wildman–Crippen MR) is 59.0 cm³/mol. The van der Waals surface area contributed by atoms with Crippen LogP contribution in [0.5, 0.6) is 0 Å². The maximum atomic E-state index is 13.5. The van der Waals surface area contributed by atoms with Crippen molar-refractivity contribution in [3.05, 3.63) is 59.7 Å². The van der Waals surface area contributed by atoms with Crippen LogP contribution in [0, 0.1) is 35.4 Å². The molecule has 0 heterocycles. The van der Waals surface area contributed by atoms with Gasteiger partial charge in [0.25, 0.3) is 0 Å². The van der Waals surface area contributed by atoms with Crippen LogP contribution in [0.25, 0.3) is 21.5 Å². The Morgan fingerprint density at radius 1 is 0.833 bits per heavy atom. The number of benzene rings is 3. The molecule has 0 fully saturated rings. The molecular weight excluding hydrogens is 244 g/mol. The third kappa shape index (κ3) is 1.45. The van der Waals surface area contributed by atoms with Crippen molar-refractivity contribution in [1.82, 2.24) is 0 Å². The number of fused-ring (bicyclic) bond motifs is 2. The molecule has 0 N–H and O–H groups in total. The maximum absolute atomic E-state index is 13.5. The van der Waals surface area contributed by atoms with Gasteiger partial charge in [-0.15, -0.1) is 0 Å². The first-order chi connectivity index (χ1) is 8.58. The van der Waals surface area contributed by atoms with Gasteiger partial charge in [0.2, 0.25) is 0 Å². The third-order valence-corrected chi connectivity index (χ3v) is 2.76. The van der Waals surface area contributed by atoms with Crippen LogP contribution in [-0.4, -0.2) is 0 Å². The average molecular weight is 248 g/mol. The van der Waals surface area contributed by atoms with Crippen LogP contribution in [0.2, 0.25) is 0 Å². The first kappa shape index (κ1) is 11.0. The first-order valence-corrected chi connectivity index (χ1v) is 5.07. The normalized spacial score (nSPS) is 11.3. The summed E-state index contributed by atoms with van der Waals surface area (Å²) in [6.45, 7) is 0. The van der Waals surface area contributed by atoms with Crippen LogP contribution < -0.4 is 0 Å². The van der Waals surface area contributed by atoms with Gasteiger partial charge in [0, 0.05) is 16.8 Å². The van der Waals surface area contributed by atoms with E-state index in [4.69, 9.17) is 0 Å². The predicted octanol–water partition coefficient (Wildman–Crippen LogP) is 4.15. The summed E-state index contributed by atoms with van der Waals surface area (Å²) in [6, 6.07) is 9.64. The zero-order chi connectivity index (χ0) is 12.9. The Labute approximate surface area is 99.5 Å². The summed E-state index contributed by atoms with van der Waals surface area (Å²) in [4.78, 5) is 0. The van der Waals surface area contributed by atoms with Crippen LogP contribution in [-0.2, 0) is 0 Å². The summed E-state index contributed by atoms with van der Waals surface area (Å²) >= 11 is 0. The molecule has 88 valence electrons. The second-order valence-corrected chi connectivity index (χ2v) is 3.86. The highest BCUT2D eigenvalue weighted by molar-refractivity contribution is 5.98. The van der Waals surface area contributed by atoms with E-state index in [-0.39, 0.29) is 16.2 Å². The first-order valence-electron chi connectivity index (χ1n) is 5.07. The highest BCUT2D eigenvalue weighted by Gasteiger charge is 2.15. The quantitative estimate of drug-likeness (QED) is 0.318. The van der Waals surface area contributed by atoms with E-state index < -0.39 is 23.3 Å². The van der Waals surface area contributed by atoms with Crippen molar-refractivity contribution in [2.75, 3.05) is 0 Å². The van der Waals surface area contributed by atoms with E-state index in [1.54, 1.807) is 0 Å². The van der Waals surface area contributed by atoms with Crippen LogP contribution >= 0.6 is 0 Å². The van der Waals surface area contributed by atoms with E-state index >= 15 is 0 Å². The lowest BCUT2D eigenvalue weighted by Crippen LogP contribution is -1.93. The monoisotopic (exact) mass is 248 g/mol. The van der Waals surface area contributed by atoms with E-state index in [2.05, 4.69) is 12.1 Å². The number of rotatable bonds is 0. The van der Waals surface area contributed by atoms with Gasteiger partial charge >= 0.3 is 0 Å². The van der Waals surface area contributed by atoms with Gasteiger partial charge in [0.15, 0.2) is 17.5 Å². The molecule has 0 spiro atoms. The smallest absolute Gasteiger partial charge is 0.195 e. The highest BCUT2D eigenvalue weighted by Crippen LogP contribution is 2.28. The largest absolute Gasteiger partial charge is 0.206 e. The Morgan fingerprint density at radius 3 is 2.39 bits per heavy atom. The van der Waals surface area contributed by atoms with Crippen molar-refractivity contribution < 1.29 is 17.6 Å². The van der Waals surface area contributed by atoms with Crippen LogP contribution in [0.15, 0.2) is 24.3 Å². The summed E-state index contributed by atoms with van der Waals surface area (Å²) < 4.78 is 53.2. The molecule has 0 bridgehead atoms. The number of halogens is 4. The van der Waals surface area contributed by atoms with Crippen LogP contribution in [0.1, 0.15) is 0 Å². The molecule has 0 aliphatic carbocycles. The van der Waals surface area contributed by atoms with Gasteiger partial charge in [-0.3, -0.25) is 0 Å². The Hall–Kier alpha value is -2.10. The lowest BCUT2D eigenvalue weighted by Gasteiger charge is -2.05. The van der Waals surface area contributed by atoms with Crippen molar-refractivity contribution in [2.45, 2.75) is 0 Å². The molecule has 0 saturated heterocycles. The third-order valence-electron chi connectivity index (χ3n) is 2.76. The minimum Gasteiger partial charge on any atom is -0.206 e. The lowest BCUT2D eigenvalue weighted by molar-refractivity contribution is 0.452. The van der Waals surface area contributed by atoms with Gasteiger partial charge in [-0.05, 0) is 41.1 Å². The van der Waals surface area contributed by atoms with Crippen molar-refractivity contribution >= 4 is 21.5 Å². The summed E-state index contributed by atoms with van der Waals surface area (Å²) in [5.41, 5.74) is 0. The molecule has 3 rings (SSSR count). The fourth-order valence-electron chi connectivity index (χ4n) is 1.90. The molecule has 0 aliphatic rings. The number of hydrogen-bond acceptors (Lipinski definition) is 0. The second-order valence-electron chi connectivity index (χ2n) is 3.86. The minimum absolute atomic E-state index is 0.0102. The van der Waals surface area contributed by atoms with E-state index in [9.17, 15) is 17.6 Å². The Morgan fingerprint density at radius 2 is 1.61 bits per heavy atom. The van der Waals surface area contributed by atoms with E-state index in [1.807, 2.05) is 0 Å². The molecule has 18 heavy (non-hydrogen) atoms. The van der Waals surface area contributed by atoms with Gasteiger partial charge in [-0.25, -0.2) is 17.6 Å². The molecule has 3 aromatic carbocycles. The van der Waals surface area contributed by atoms with Crippen LogP contribution in [0.4, 0.5) is 17.6 Å². The SMILES string of the molecule is Fc1[c]c2cc3c(F)c[c]cc3cc2c(F)c1F. The maximum Gasteiger partial charge on any atom is 0.195 e. The zero-order valence-electron chi connectivity index (χ0n) is 8.82. The standard InChI is InChI=1S/C14H4F4/c15-11-3-1-2-7-4-10-8(5-9(7)11)6-12(16)14(18)13(10)17/h2-5H. The van der Waals surface area contributed by atoms with Gasteiger partial charge in [-0.1, -0.05) is 0 Å². The molecule has 0 amide bonds. The minimum atomic E-state index is -1.58. The molecular formula is C14H4F4. The van der Waals surface area contributed by atoms with Crippen molar-refractivity contribution in [3.8, 4) is 0 Å². The average Bonchev–Trinajstić information content (AvgIpc) is 2.36. The second kappa shape index (κ2) is 3.70. The fraction of sp³-hybridized carbons (Fsp3) is 0. The fourth-order valence-corrected chi connectivity index (χ4v) is 1.90. The molecule has 0 aliphatic heterocycles. The molecule has 0 atom stereocenters. The van der Waals surface area contributed by atoms with Crippen molar-refractivity contribution in [2.24, 2.45) is 0 Å². The van der Waals surface area contributed by atoms with E-state index in [0.29, 0.717) is 5.39 Å². The summed E-state index contributed by atoms with van der Waals surface area (Å²) in [6.07, 6.45) is 0. The Bertz CT molecular complexity index is 778. The van der Waals surface area contributed by atoms with E-state index in [0.717, 1.165) is 6.07 Å².